The standard InChI is InChI=1S/C60H94N8O11/c1-43(2)19-15-11-13-17-21-53(69)63-39-45-23-25-49(51(35-45)75-9)78-57(73)67-32-30-65(41-47(67)37-61)55(71)27-28-60(7,8)77-34-29-59(5,6)56(72)66-31-33-68(48(38-62)42-66)58(74)79-50-26-24-46(36-52(50)76-10)40-64-54(70)22-18-14-12-16-20-44(3)4/h15-16,19-20,23-26,35-36,43-44,47-48H,11-14,17-18,21-22,27-34,37-42,61-62H2,1-10H3,(H,63,69)(H,64,70)/b19-15+,20-16+. The van der Waals surface area contributed by atoms with E-state index in [1.54, 1.807) is 51.1 Å². The van der Waals surface area contributed by atoms with Gasteiger partial charge in [-0.1, -0.05) is 78.0 Å². The number of allylic oxidation sites excluding steroid dienone is 4. The molecule has 2 saturated heterocycles. The molecule has 6 N–H and O–H groups in total. The number of carbonyl (C=O) groups is 6. The first-order valence-electron chi connectivity index (χ1n) is 28.4. The Kier molecular flexibility index (Phi) is 27.1. The molecule has 0 spiro atoms. The number of piperazine rings is 2. The fraction of sp³-hybridized carbons (Fsp3) is 0.633. The van der Waals surface area contributed by atoms with Crippen molar-refractivity contribution in [3.8, 4) is 23.0 Å². The molecule has 2 aliphatic heterocycles. The van der Waals surface area contributed by atoms with E-state index in [0.717, 1.165) is 49.7 Å². The van der Waals surface area contributed by atoms with Gasteiger partial charge in [-0.05, 0) is 112 Å². The largest absolute Gasteiger partial charge is 0.493 e. The molecule has 440 valence electrons. The predicted octanol–water partition coefficient (Wildman–Crippen LogP) is 8.11. The van der Waals surface area contributed by atoms with Crippen LogP contribution in [-0.4, -0.2) is 146 Å². The van der Waals surface area contributed by atoms with Gasteiger partial charge in [-0.25, -0.2) is 9.59 Å². The van der Waals surface area contributed by atoms with Gasteiger partial charge in [0.25, 0.3) is 0 Å². The van der Waals surface area contributed by atoms with E-state index in [1.165, 1.54) is 19.1 Å². The van der Waals surface area contributed by atoms with Crippen LogP contribution in [0.3, 0.4) is 0 Å². The van der Waals surface area contributed by atoms with Gasteiger partial charge in [0.05, 0.1) is 31.9 Å². The van der Waals surface area contributed by atoms with Gasteiger partial charge in [-0.3, -0.25) is 19.2 Å². The summed E-state index contributed by atoms with van der Waals surface area (Å²) in [6.07, 6.45) is 14.8. The van der Waals surface area contributed by atoms with Crippen molar-refractivity contribution in [2.45, 2.75) is 157 Å². The van der Waals surface area contributed by atoms with E-state index in [9.17, 15) is 28.8 Å². The first-order chi connectivity index (χ1) is 37.6. The van der Waals surface area contributed by atoms with Gasteiger partial charge >= 0.3 is 12.2 Å². The summed E-state index contributed by atoms with van der Waals surface area (Å²) in [6.45, 7) is 18.8. The van der Waals surface area contributed by atoms with Gasteiger partial charge in [0, 0.05) is 96.7 Å². The second-order valence-electron chi connectivity index (χ2n) is 22.6. The molecule has 2 atom stereocenters. The van der Waals surface area contributed by atoms with E-state index >= 15 is 0 Å². The number of carbonyl (C=O) groups excluding carboxylic acids is 6. The third-order valence-electron chi connectivity index (χ3n) is 14.3. The van der Waals surface area contributed by atoms with Crippen LogP contribution < -0.4 is 41.0 Å². The fourth-order valence-corrected chi connectivity index (χ4v) is 9.29. The number of rotatable bonds is 30. The highest BCUT2D eigenvalue weighted by Crippen LogP contribution is 2.32. The van der Waals surface area contributed by atoms with Crippen molar-refractivity contribution in [3.05, 3.63) is 71.8 Å². The Bertz CT molecular complexity index is 2350. The summed E-state index contributed by atoms with van der Waals surface area (Å²) in [5, 5.41) is 5.90. The molecule has 6 amide bonds. The molecule has 79 heavy (non-hydrogen) atoms. The third kappa shape index (κ3) is 22.1. The Balaban J connectivity index is 1.18. The third-order valence-corrected chi connectivity index (χ3v) is 14.3. The highest BCUT2D eigenvalue weighted by Gasteiger charge is 2.39. The molecule has 0 radical (unpaired) electrons. The molecule has 4 rings (SSSR count). The van der Waals surface area contributed by atoms with Crippen LogP contribution in [0, 0.1) is 17.3 Å². The monoisotopic (exact) mass is 1100 g/mol. The Hall–Kier alpha value is -6.18. The van der Waals surface area contributed by atoms with Crippen LogP contribution >= 0.6 is 0 Å². The zero-order chi connectivity index (χ0) is 58.1. The molecule has 2 aliphatic rings. The quantitative estimate of drug-likeness (QED) is 0.0428. The maximum absolute atomic E-state index is 14.0. The molecular weight excluding hydrogens is 1010 g/mol. The number of nitrogens with two attached hydrogens (primary N) is 2. The topological polar surface area (TPSA) is 238 Å². The summed E-state index contributed by atoms with van der Waals surface area (Å²) in [7, 11) is 2.97. The summed E-state index contributed by atoms with van der Waals surface area (Å²) in [6, 6.07) is 9.34. The minimum atomic E-state index is -0.802. The number of amides is 6. The molecule has 0 bridgehead atoms. The zero-order valence-electron chi connectivity index (χ0n) is 49.1. The van der Waals surface area contributed by atoms with Crippen molar-refractivity contribution in [2.75, 3.05) is 73.2 Å². The molecule has 2 aromatic carbocycles. The average molecular weight is 1100 g/mol. The second kappa shape index (κ2) is 32.8. The molecule has 2 heterocycles. The normalized spacial score (nSPS) is 16.2. The van der Waals surface area contributed by atoms with Gasteiger partial charge in [0.2, 0.25) is 23.6 Å². The Morgan fingerprint density at radius 2 is 1.08 bits per heavy atom. The van der Waals surface area contributed by atoms with Crippen LogP contribution in [0.25, 0.3) is 0 Å². The molecule has 0 aromatic heterocycles. The number of nitrogens with one attached hydrogen (secondary N) is 2. The van der Waals surface area contributed by atoms with E-state index in [1.807, 2.05) is 27.7 Å². The van der Waals surface area contributed by atoms with E-state index in [4.69, 9.17) is 35.2 Å². The molecule has 19 heteroatoms. The van der Waals surface area contributed by atoms with E-state index < -0.39 is 35.3 Å². The predicted molar refractivity (Wildman–Crippen MR) is 307 cm³/mol. The minimum absolute atomic E-state index is 0.0285. The van der Waals surface area contributed by atoms with Gasteiger partial charge in [0.1, 0.15) is 0 Å². The van der Waals surface area contributed by atoms with Crippen LogP contribution in [0.2, 0.25) is 0 Å². The average Bonchev–Trinajstić information content (AvgIpc) is 3.44. The van der Waals surface area contributed by atoms with Crippen LogP contribution in [0.15, 0.2) is 60.7 Å². The van der Waals surface area contributed by atoms with Crippen LogP contribution in [0.4, 0.5) is 9.59 Å². The summed E-state index contributed by atoms with van der Waals surface area (Å²) in [5.74, 6) is 1.96. The highest BCUT2D eigenvalue weighted by molar-refractivity contribution is 5.83. The van der Waals surface area contributed by atoms with Crippen LogP contribution in [0.5, 0.6) is 23.0 Å². The molecule has 0 saturated carbocycles. The molecule has 2 fully saturated rings. The lowest BCUT2D eigenvalue weighted by Crippen LogP contribution is -2.61. The van der Waals surface area contributed by atoms with Crippen LogP contribution in [0.1, 0.15) is 137 Å². The maximum Gasteiger partial charge on any atom is 0.415 e. The van der Waals surface area contributed by atoms with Crippen molar-refractivity contribution in [1.29, 1.82) is 0 Å². The zero-order valence-corrected chi connectivity index (χ0v) is 49.1. The highest BCUT2D eigenvalue weighted by atomic mass is 16.6. The number of hydrogen-bond acceptors (Lipinski definition) is 13. The Morgan fingerprint density at radius 1 is 0.620 bits per heavy atom. The molecule has 2 aromatic rings. The Morgan fingerprint density at radius 3 is 1.52 bits per heavy atom. The number of unbranched alkanes of at least 4 members (excludes halogenated alkanes) is 4. The first-order valence-corrected chi connectivity index (χ1v) is 28.4. The number of methoxy groups -OCH3 is 2. The number of nitrogens with zero attached hydrogens (tertiary/aromatic N) is 4. The van der Waals surface area contributed by atoms with Crippen molar-refractivity contribution in [2.24, 2.45) is 28.7 Å². The number of ether oxygens (including phenoxy) is 5. The lowest BCUT2D eigenvalue weighted by atomic mass is 9.87. The summed E-state index contributed by atoms with van der Waals surface area (Å²) in [4.78, 5) is 86.1. The molecule has 19 nitrogen and oxygen atoms in total. The fourth-order valence-electron chi connectivity index (χ4n) is 9.29. The summed E-state index contributed by atoms with van der Waals surface area (Å²) >= 11 is 0. The lowest BCUT2D eigenvalue weighted by Gasteiger charge is -2.42. The summed E-state index contributed by atoms with van der Waals surface area (Å²) < 4.78 is 29.0. The lowest BCUT2D eigenvalue weighted by molar-refractivity contribution is -0.145. The minimum Gasteiger partial charge on any atom is -0.493 e. The van der Waals surface area contributed by atoms with Crippen molar-refractivity contribution >= 4 is 35.8 Å². The first kappa shape index (κ1) is 65.3. The van der Waals surface area contributed by atoms with Crippen molar-refractivity contribution < 1.29 is 52.5 Å². The second-order valence-corrected chi connectivity index (χ2v) is 22.6. The smallest absolute Gasteiger partial charge is 0.415 e. The SMILES string of the molecule is COc1cc(CNC(=O)CCCC/C=C/C(C)C)ccc1OC(=O)N1CCN(C(=O)CCC(C)(C)OCCC(C)(C)C(=O)N2CCN(C(=O)Oc3ccc(CNC(=O)CCCC/C=C/C(C)C)cc3OC)C(CN)C2)CC1CN. The maximum atomic E-state index is 14.0. The van der Waals surface area contributed by atoms with E-state index in [2.05, 4.69) is 62.6 Å². The summed E-state index contributed by atoms with van der Waals surface area (Å²) in [5.41, 5.74) is 12.4. The van der Waals surface area contributed by atoms with Crippen molar-refractivity contribution in [1.82, 2.24) is 30.2 Å². The molecular formula is C60H94N8O11. The van der Waals surface area contributed by atoms with Crippen molar-refractivity contribution in [3.63, 3.8) is 0 Å². The molecule has 2 unspecified atom stereocenters. The molecule has 0 aliphatic carbocycles. The number of benzene rings is 2. The van der Waals surface area contributed by atoms with E-state index in [-0.39, 0.29) is 94.0 Å². The van der Waals surface area contributed by atoms with Gasteiger partial charge in [-0.15, -0.1) is 0 Å². The van der Waals surface area contributed by atoms with Crippen LogP contribution in [-0.2, 0) is 37.0 Å². The van der Waals surface area contributed by atoms with Gasteiger partial charge in [-0.2, -0.15) is 0 Å². The van der Waals surface area contributed by atoms with Gasteiger partial charge < -0.3 is 65.4 Å². The number of hydrogen-bond donors (Lipinski definition) is 4. The van der Waals surface area contributed by atoms with Gasteiger partial charge in [0.15, 0.2) is 23.0 Å². The van der Waals surface area contributed by atoms with E-state index in [0.29, 0.717) is 68.7 Å². The Labute approximate surface area is 470 Å².